The van der Waals surface area contributed by atoms with E-state index in [1.807, 2.05) is 25.1 Å². The molecule has 0 radical (unpaired) electrons. The molecule has 0 saturated heterocycles. The van der Waals surface area contributed by atoms with Gasteiger partial charge in [0.15, 0.2) is 5.82 Å². The number of hydrogen-bond acceptors (Lipinski definition) is 4. The third-order valence-corrected chi connectivity index (χ3v) is 2.67. The van der Waals surface area contributed by atoms with Gasteiger partial charge in [-0.3, -0.25) is 4.79 Å². The van der Waals surface area contributed by atoms with Crippen LogP contribution in [0.4, 0.5) is 11.5 Å². The van der Waals surface area contributed by atoms with E-state index in [-0.39, 0.29) is 5.91 Å². The lowest BCUT2D eigenvalue weighted by Gasteiger charge is -2.18. The van der Waals surface area contributed by atoms with Crippen LogP contribution in [0.15, 0.2) is 18.3 Å². The Balaban J connectivity index is 2.69. The Morgan fingerprint density at radius 3 is 2.89 bits per heavy atom. The largest absolute Gasteiger partial charge is 0.361 e. The van der Waals surface area contributed by atoms with Crippen LogP contribution in [0.5, 0.6) is 0 Å². The van der Waals surface area contributed by atoms with E-state index in [2.05, 4.69) is 17.2 Å². The van der Waals surface area contributed by atoms with Gasteiger partial charge in [-0.05, 0) is 18.6 Å². The van der Waals surface area contributed by atoms with Crippen molar-refractivity contribution in [2.24, 2.45) is 5.73 Å². The molecule has 1 atom stereocenters. The Morgan fingerprint density at radius 2 is 2.28 bits per heavy atom. The highest BCUT2D eigenvalue weighted by Gasteiger charge is 2.15. The standard InChI is InChI=1S/C13H22N4O/c1-4-5-7-10(14)13(18)16-11-8-6-9-15-12(11)17(2)3/h6,8-10H,4-5,7,14H2,1-3H3,(H,16,18). The molecular formula is C13H22N4O. The molecule has 0 spiro atoms. The Kier molecular flexibility index (Phi) is 5.58. The van der Waals surface area contributed by atoms with E-state index in [1.165, 1.54) is 0 Å². The van der Waals surface area contributed by atoms with E-state index < -0.39 is 6.04 Å². The van der Waals surface area contributed by atoms with Crippen LogP contribution in [-0.2, 0) is 4.79 Å². The summed E-state index contributed by atoms with van der Waals surface area (Å²) in [6.45, 7) is 2.08. The molecule has 100 valence electrons. The van der Waals surface area contributed by atoms with E-state index in [0.29, 0.717) is 12.1 Å². The van der Waals surface area contributed by atoms with Crippen molar-refractivity contribution in [3.8, 4) is 0 Å². The van der Waals surface area contributed by atoms with Gasteiger partial charge in [0, 0.05) is 20.3 Å². The van der Waals surface area contributed by atoms with Gasteiger partial charge < -0.3 is 16.0 Å². The summed E-state index contributed by atoms with van der Waals surface area (Å²) in [6, 6.07) is 3.16. The zero-order valence-electron chi connectivity index (χ0n) is 11.3. The number of rotatable bonds is 6. The molecule has 18 heavy (non-hydrogen) atoms. The van der Waals surface area contributed by atoms with Gasteiger partial charge in [-0.1, -0.05) is 19.8 Å². The van der Waals surface area contributed by atoms with Gasteiger partial charge in [0.1, 0.15) is 0 Å². The molecule has 0 bridgehead atoms. The molecule has 0 saturated carbocycles. The van der Waals surface area contributed by atoms with Crippen molar-refractivity contribution in [3.63, 3.8) is 0 Å². The smallest absolute Gasteiger partial charge is 0.241 e. The highest BCUT2D eigenvalue weighted by Crippen LogP contribution is 2.20. The number of carbonyl (C=O) groups excluding carboxylic acids is 1. The minimum Gasteiger partial charge on any atom is -0.361 e. The zero-order chi connectivity index (χ0) is 13.5. The first kappa shape index (κ1) is 14.4. The number of nitrogens with one attached hydrogen (secondary N) is 1. The molecule has 0 aliphatic carbocycles. The Morgan fingerprint density at radius 1 is 1.56 bits per heavy atom. The van der Waals surface area contributed by atoms with Crippen LogP contribution in [0, 0.1) is 0 Å². The quantitative estimate of drug-likeness (QED) is 0.804. The maximum Gasteiger partial charge on any atom is 0.241 e. The van der Waals surface area contributed by atoms with Gasteiger partial charge in [0.05, 0.1) is 11.7 Å². The molecule has 1 aromatic heterocycles. The fourth-order valence-corrected chi connectivity index (χ4v) is 1.63. The molecule has 0 fully saturated rings. The van der Waals surface area contributed by atoms with Crippen molar-refractivity contribution in [1.82, 2.24) is 4.98 Å². The molecule has 1 heterocycles. The molecule has 0 aromatic carbocycles. The number of anilines is 2. The normalized spacial score (nSPS) is 12.0. The highest BCUT2D eigenvalue weighted by molar-refractivity contribution is 5.96. The van der Waals surface area contributed by atoms with Crippen LogP contribution in [-0.4, -0.2) is 31.0 Å². The summed E-state index contributed by atoms with van der Waals surface area (Å²) < 4.78 is 0. The summed E-state index contributed by atoms with van der Waals surface area (Å²) in [4.78, 5) is 18.0. The van der Waals surface area contributed by atoms with Gasteiger partial charge in [-0.25, -0.2) is 4.98 Å². The molecule has 1 aromatic rings. The minimum atomic E-state index is -0.458. The van der Waals surface area contributed by atoms with Gasteiger partial charge in [-0.2, -0.15) is 0 Å². The van der Waals surface area contributed by atoms with Gasteiger partial charge in [-0.15, -0.1) is 0 Å². The highest BCUT2D eigenvalue weighted by atomic mass is 16.2. The molecule has 1 amide bonds. The maximum absolute atomic E-state index is 11.9. The second kappa shape index (κ2) is 6.96. The summed E-state index contributed by atoms with van der Waals surface area (Å²) in [6.07, 6.45) is 4.40. The third kappa shape index (κ3) is 4.00. The lowest BCUT2D eigenvalue weighted by molar-refractivity contribution is -0.117. The summed E-state index contributed by atoms with van der Waals surface area (Å²) in [5.74, 6) is 0.577. The second-order valence-electron chi connectivity index (χ2n) is 4.51. The van der Waals surface area contributed by atoms with Gasteiger partial charge in [0.2, 0.25) is 5.91 Å². The SMILES string of the molecule is CCCCC(N)C(=O)Nc1cccnc1N(C)C. The van der Waals surface area contributed by atoms with Crippen molar-refractivity contribution in [3.05, 3.63) is 18.3 Å². The first-order chi connectivity index (χ1) is 8.56. The topological polar surface area (TPSA) is 71.2 Å². The third-order valence-electron chi connectivity index (χ3n) is 2.67. The van der Waals surface area contributed by atoms with Crippen LogP contribution in [0.1, 0.15) is 26.2 Å². The molecule has 1 rings (SSSR count). The number of amides is 1. The van der Waals surface area contributed by atoms with Crippen molar-refractivity contribution < 1.29 is 4.79 Å². The summed E-state index contributed by atoms with van der Waals surface area (Å²) >= 11 is 0. The number of hydrogen-bond donors (Lipinski definition) is 2. The van der Waals surface area contributed by atoms with Crippen LogP contribution in [0.25, 0.3) is 0 Å². The van der Waals surface area contributed by atoms with Crippen molar-refractivity contribution in [2.75, 3.05) is 24.3 Å². The van der Waals surface area contributed by atoms with Crippen molar-refractivity contribution >= 4 is 17.4 Å². The number of nitrogens with two attached hydrogens (primary N) is 1. The first-order valence-corrected chi connectivity index (χ1v) is 6.25. The Hall–Kier alpha value is -1.62. The predicted octanol–water partition coefficient (Wildman–Crippen LogP) is 1.60. The molecule has 1 unspecified atom stereocenters. The average molecular weight is 250 g/mol. The summed E-state index contributed by atoms with van der Waals surface area (Å²) in [5.41, 5.74) is 6.53. The van der Waals surface area contributed by atoms with E-state index in [4.69, 9.17) is 5.73 Å². The zero-order valence-corrected chi connectivity index (χ0v) is 11.3. The number of nitrogens with zero attached hydrogens (tertiary/aromatic N) is 2. The summed E-state index contributed by atoms with van der Waals surface area (Å²) in [7, 11) is 3.77. The van der Waals surface area contributed by atoms with Gasteiger partial charge in [0.25, 0.3) is 0 Å². The fourth-order valence-electron chi connectivity index (χ4n) is 1.63. The number of pyridine rings is 1. The average Bonchev–Trinajstić information content (AvgIpc) is 2.36. The molecule has 0 aliphatic heterocycles. The molecule has 5 nitrogen and oxygen atoms in total. The lowest BCUT2D eigenvalue weighted by atomic mass is 10.1. The van der Waals surface area contributed by atoms with E-state index in [9.17, 15) is 4.79 Å². The molecule has 3 N–H and O–H groups in total. The number of unbranched alkanes of at least 4 members (excludes halogenated alkanes) is 1. The Labute approximate surface area is 108 Å². The first-order valence-electron chi connectivity index (χ1n) is 6.25. The predicted molar refractivity (Wildman–Crippen MR) is 74.7 cm³/mol. The van der Waals surface area contributed by atoms with Gasteiger partial charge >= 0.3 is 0 Å². The molecule has 5 heteroatoms. The molecular weight excluding hydrogens is 228 g/mol. The van der Waals surface area contributed by atoms with Crippen molar-refractivity contribution in [1.29, 1.82) is 0 Å². The number of carbonyl (C=O) groups is 1. The van der Waals surface area contributed by atoms with Crippen LogP contribution < -0.4 is 16.0 Å². The van der Waals surface area contributed by atoms with E-state index in [1.54, 1.807) is 12.3 Å². The van der Waals surface area contributed by atoms with Crippen LogP contribution in [0.3, 0.4) is 0 Å². The Bertz CT molecular complexity index is 392. The molecule has 0 aliphatic rings. The van der Waals surface area contributed by atoms with Crippen LogP contribution in [0.2, 0.25) is 0 Å². The lowest BCUT2D eigenvalue weighted by Crippen LogP contribution is -2.35. The minimum absolute atomic E-state index is 0.153. The number of aromatic nitrogens is 1. The van der Waals surface area contributed by atoms with Crippen LogP contribution >= 0.6 is 0 Å². The maximum atomic E-state index is 11.9. The monoisotopic (exact) mass is 250 g/mol. The second-order valence-corrected chi connectivity index (χ2v) is 4.51. The van der Waals surface area contributed by atoms with E-state index in [0.717, 1.165) is 18.7 Å². The van der Waals surface area contributed by atoms with E-state index >= 15 is 0 Å². The fraction of sp³-hybridized carbons (Fsp3) is 0.538. The van der Waals surface area contributed by atoms with Crippen molar-refractivity contribution in [2.45, 2.75) is 32.2 Å². The summed E-state index contributed by atoms with van der Waals surface area (Å²) in [5, 5.41) is 2.83.